The summed E-state index contributed by atoms with van der Waals surface area (Å²) in [7, 11) is 0. The summed E-state index contributed by atoms with van der Waals surface area (Å²) in [5, 5.41) is 0. The summed E-state index contributed by atoms with van der Waals surface area (Å²) >= 11 is 0. The van der Waals surface area contributed by atoms with Crippen LogP contribution in [0.1, 0.15) is 37.4 Å². The van der Waals surface area contributed by atoms with Crippen LogP contribution in [0.2, 0.25) is 0 Å². The summed E-state index contributed by atoms with van der Waals surface area (Å²) in [5.74, 6) is 1.77. The Bertz CT molecular complexity index is 545. The highest BCUT2D eigenvalue weighted by Crippen LogP contribution is 2.29. The maximum atomic E-state index is 5.86. The first kappa shape index (κ1) is 14.5. The zero-order valence-electron chi connectivity index (χ0n) is 12.9. The molecule has 1 fully saturated rings. The first-order chi connectivity index (χ1) is 10.2. The zero-order chi connectivity index (χ0) is 14.8. The molecule has 0 aromatic carbocycles. The lowest BCUT2D eigenvalue weighted by Crippen LogP contribution is -2.40. The van der Waals surface area contributed by atoms with Gasteiger partial charge in [0.05, 0.1) is 31.6 Å². The van der Waals surface area contributed by atoms with Gasteiger partial charge in [0.2, 0.25) is 0 Å². The molecule has 1 unspecified atom stereocenters. The van der Waals surface area contributed by atoms with Gasteiger partial charge in [-0.1, -0.05) is 13.5 Å². The Balaban J connectivity index is 2.10. The highest BCUT2D eigenvalue weighted by molar-refractivity contribution is 5.60. The molecule has 5 heteroatoms. The van der Waals surface area contributed by atoms with Crippen LogP contribution in [-0.2, 0) is 22.5 Å². The monoisotopic (exact) mass is 289 g/mol. The third kappa shape index (κ3) is 2.80. The third-order valence-corrected chi connectivity index (χ3v) is 4.05. The molecule has 2 aliphatic rings. The fourth-order valence-electron chi connectivity index (χ4n) is 2.93. The molecule has 1 saturated heterocycles. The first-order valence-corrected chi connectivity index (χ1v) is 7.68. The lowest BCUT2D eigenvalue weighted by atomic mass is 10.1. The van der Waals surface area contributed by atoms with E-state index in [1.54, 1.807) is 0 Å². The van der Waals surface area contributed by atoms with E-state index in [-0.39, 0.29) is 6.04 Å². The number of hydrogen-bond acceptors (Lipinski definition) is 5. The highest BCUT2D eigenvalue weighted by atomic mass is 16.5. The standard InChI is InChI=1S/C16H23N3O2/c1-4-14-13-10-21-9-12-8-20-7-5-6-19(12)16(13)18-15(17-14)11(2)3/h12H,2,4-10H2,1,3H3. The fourth-order valence-corrected chi connectivity index (χ4v) is 2.93. The quantitative estimate of drug-likeness (QED) is 0.835. The average Bonchev–Trinajstić information content (AvgIpc) is 2.80. The van der Waals surface area contributed by atoms with Crippen molar-refractivity contribution in [2.24, 2.45) is 0 Å². The minimum atomic E-state index is 0.242. The van der Waals surface area contributed by atoms with E-state index in [1.165, 1.54) is 0 Å². The molecular weight excluding hydrogens is 266 g/mol. The molecule has 1 aromatic rings. The van der Waals surface area contributed by atoms with Crippen LogP contribution in [0.5, 0.6) is 0 Å². The van der Waals surface area contributed by atoms with Gasteiger partial charge in [-0.3, -0.25) is 0 Å². The zero-order valence-corrected chi connectivity index (χ0v) is 12.9. The minimum Gasteiger partial charge on any atom is -0.379 e. The molecule has 0 amide bonds. The number of ether oxygens (including phenoxy) is 2. The number of nitrogens with zero attached hydrogens (tertiary/aromatic N) is 3. The van der Waals surface area contributed by atoms with Crippen molar-refractivity contribution >= 4 is 11.4 Å². The molecule has 5 nitrogen and oxygen atoms in total. The molecule has 0 radical (unpaired) electrons. The Labute approximate surface area is 126 Å². The second-order valence-electron chi connectivity index (χ2n) is 5.72. The summed E-state index contributed by atoms with van der Waals surface area (Å²) in [4.78, 5) is 11.8. The van der Waals surface area contributed by atoms with Crippen LogP contribution < -0.4 is 4.90 Å². The van der Waals surface area contributed by atoms with E-state index in [4.69, 9.17) is 14.5 Å². The lowest BCUT2D eigenvalue weighted by molar-refractivity contribution is 0.0728. The van der Waals surface area contributed by atoms with Gasteiger partial charge in [-0.15, -0.1) is 0 Å². The number of allylic oxidation sites excluding steroid dienone is 1. The van der Waals surface area contributed by atoms with Crippen LogP contribution in [0.3, 0.4) is 0 Å². The Kier molecular flexibility index (Phi) is 4.22. The molecule has 0 bridgehead atoms. The van der Waals surface area contributed by atoms with Crippen molar-refractivity contribution in [2.45, 2.75) is 39.3 Å². The SMILES string of the molecule is C=C(C)c1nc(CC)c2c(n1)N1CCCOCC1COC2. The molecule has 1 atom stereocenters. The van der Waals surface area contributed by atoms with E-state index >= 15 is 0 Å². The summed E-state index contributed by atoms with van der Waals surface area (Å²) in [6, 6.07) is 0.242. The van der Waals surface area contributed by atoms with Crippen LogP contribution in [-0.4, -0.2) is 42.4 Å². The maximum Gasteiger partial charge on any atom is 0.156 e. The summed E-state index contributed by atoms with van der Waals surface area (Å²) in [6.07, 6.45) is 1.90. The second-order valence-corrected chi connectivity index (χ2v) is 5.72. The Hall–Kier alpha value is -1.46. The largest absolute Gasteiger partial charge is 0.379 e. The third-order valence-electron chi connectivity index (χ3n) is 4.05. The van der Waals surface area contributed by atoms with E-state index in [0.29, 0.717) is 19.8 Å². The number of rotatable bonds is 2. The van der Waals surface area contributed by atoms with E-state index in [1.807, 2.05) is 6.92 Å². The molecule has 1 aromatic heterocycles. The van der Waals surface area contributed by atoms with Crippen molar-refractivity contribution in [3.05, 3.63) is 23.7 Å². The van der Waals surface area contributed by atoms with Gasteiger partial charge in [-0.25, -0.2) is 9.97 Å². The van der Waals surface area contributed by atoms with Gasteiger partial charge in [0, 0.05) is 18.7 Å². The molecule has 21 heavy (non-hydrogen) atoms. The van der Waals surface area contributed by atoms with Crippen molar-refractivity contribution in [1.82, 2.24) is 9.97 Å². The van der Waals surface area contributed by atoms with Crippen molar-refractivity contribution < 1.29 is 9.47 Å². The van der Waals surface area contributed by atoms with E-state index in [9.17, 15) is 0 Å². The predicted molar refractivity (Wildman–Crippen MR) is 82.3 cm³/mol. The molecule has 0 N–H and O–H groups in total. The molecule has 3 rings (SSSR count). The van der Waals surface area contributed by atoms with Gasteiger partial charge >= 0.3 is 0 Å². The average molecular weight is 289 g/mol. The summed E-state index contributed by atoms with van der Waals surface area (Å²) in [6.45, 7) is 11.8. The number of anilines is 1. The van der Waals surface area contributed by atoms with E-state index in [2.05, 4.69) is 23.4 Å². The van der Waals surface area contributed by atoms with Crippen LogP contribution in [0, 0.1) is 0 Å². The van der Waals surface area contributed by atoms with Gasteiger partial charge in [0.15, 0.2) is 5.82 Å². The van der Waals surface area contributed by atoms with Gasteiger partial charge < -0.3 is 14.4 Å². The van der Waals surface area contributed by atoms with Gasteiger partial charge in [0.25, 0.3) is 0 Å². The van der Waals surface area contributed by atoms with Gasteiger partial charge in [0.1, 0.15) is 5.82 Å². The van der Waals surface area contributed by atoms with Crippen LogP contribution in [0.25, 0.3) is 5.57 Å². The number of fused-ring (bicyclic) bond motifs is 3. The van der Waals surface area contributed by atoms with E-state index < -0.39 is 0 Å². The smallest absolute Gasteiger partial charge is 0.156 e. The first-order valence-electron chi connectivity index (χ1n) is 7.68. The molecule has 2 aliphatic heterocycles. The minimum absolute atomic E-state index is 0.242. The number of hydrogen-bond donors (Lipinski definition) is 0. The van der Waals surface area contributed by atoms with Crippen molar-refractivity contribution in [1.29, 1.82) is 0 Å². The van der Waals surface area contributed by atoms with Crippen molar-refractivity contribution in [2.75, 3.05) is 31.3 Å². The van der Waals surface area contributed by atoms with Gasteiger partial charge in [-0.05, 0) is 25.3 Å². The summed E-state index contributed by atoms with van der Waals surface area (Å²) < 4.78 is 11.6. The molecular formula is C16H23N3O2. The summed E-state index contributed by atoms with van der Waals surface area (Å²) in [5.41, 5.74) is 3.11. The van der Waals surface area contributed by atoms with Crippen molar-refractivity contribution in [3.8, 4) is 0 Å². The Morgan fingerprint density at radius 3 is 2.90 bits per heavy atom. The molecule has 0 saturated carbocycles. The number of aryl methyl sites for hydroxylation is 1. The van der Waals surface area contributed by atoms with Gasteiger partial charge in [-0.2, -0.15) is 0 Å². The second kappa shape index (κ2) is 6.12. The predicted octanol–water partition coefficient (Wildman–Crippen LogP) is 2.20. The lowest BCUT2D eigenvalue weighted by Gasteiger charge is -2.29. The fraction of sp³-hybridized carbons (Fsp3) is 0.625. The van der Waals surface area contributed by atoms with Crippen molar-refractivity contribution in [3.63, 3.8) is 0 Å². The van der Waals surface area contributed by atoms with Crippen LogP contribution >= 0.6 is 0 Å². The maximum absolute atomic E-state index is 5.86. The molecule has 114 valence electrons. The normalized spacial score (nSPS) is 22.0. The van der Waals surface area contributed by atoms with Crippen LogP contribution in [0.15, 0.2) is 6.58 Å². The molecule has 0 spiro atoms. The molecule has 3 heterocycles. The Morgan fingerprint density at radius 2 is 2.14 bits per heavy atom. The van der Waals surface area contributed by atoms with E-state index in [0.717, 1.165) is 54.5 Å². The topological polar surface area (TPSA) is 47.5 Å². The highest BCUT2D eigenvalue weighted by Gasteiger charge is 2.30. The van der Waals surface area contributed by atoms with Crippen LogP contribution in [0.4, 0.5) is 5.82 Å². The number of aromatic nitrogens is 2. The molecule has 0 aliphatic carbocycles. The Morgan fingerprint density at radius 1 is 1.33 bits per heavy atom.